The highest BCUT2D eigenvalue weighted by atomic mass is 15.3. The molecule has 0 unspecified atom stereocenters. The minimum absolute atomic E-state index is 0.698. The average Bonchev–Trinajstić information content (AvgIpc) is 2.64. The summed E-state index contributed by atoms with van der Waals surface area (Å²) in [4.78, 5) is 8.46. The lowest BCUT2D eigenvalue weighted by Gasteiger charge is -2.06. The van der Waals surface area contributed by atoms with Crippen LogP contribution in [0, 0.1) is 20.8 Å². The zero-order valence-electron chi connectivity index (χ0n) is 11.1. The largest absolute Gasteiger partial charge is 0.354 e. The summed E-state index contributed by atoms with van der Waals surface area (Å²) in [5.41, 5.74) is 3.26. The summed E-state index contributed by atoms with van der Waals surface area (Å²) in [5, 5.41) is 7.65. The van der Waals surface area contributed by atoms with Crippen LogP contribution in [0.4, 0.5) is 5.95 Å². The van der Waals surface area contributed by atoms with Gasteiger partial charge in [0, 0.05) is 30.7 Å². The van der Waals surface area contributed by atoms with Gasteiger partial charge in [0.25, 0.3) is 0 Å². The normalized spacial score (nSPS) is 10.6. The molecule has 0 atom stereocenters. The number of hydrogen-bond acceptors (Lipinski definition) is 4. The van der Waals surface area contributed by atoms with Crippen LogP contribution in [0.2, 0.25) is 0 Å². The molecule has 0 aromatic carbocycles. The fourth-order valence-electron chi connectivity index (χ4n) is 1.86. The van der Waals surface area contributed by atoms with Crippen molar-refractivity contribution in [2.75, 3.05) is 11.9 Å². The maximum absolute atomic E-state index is 4.43. The van der Waals surface area contributed by atoms with Crippen LogP contribution in [0.25, 0.3) is 0 Å². The van der Waals surface area contributed by atoms with Crippen LogP contribution in [0.5, 0.6) is 0 Å². The summed E-state index contributed by atoms with van der Waals surface area (Å²) < 4.78 is 2.04. The summed E-state index contributed by atoms with van der Waals surface area (Å²) in [5.74, 6) is 0.698. The van der Waals surface area contributed by atoms with E-state index in [-0.39, 0.29) is 0 Å². The first-order valence-corrected chi connectivity index (χ1v) is 6.20. The van der Waals surface area contributed by atoms with Crippen LogP contribution in [0.3, 0.4) is 0 Å². The van der Waals surface area contributed by atoms with E-state index in [0.717, 1.165) is 30.9 Å². The van der Waals surface area contributed by atoms with Crippen molar-refractivity contribution in [3.8, 4) is 0 Å². The molecule has 0 bridgehead atoms. The second kappa shape index (κ2) is 5.62. The summed E-state index contributed by atoms with van der Waals surface area (Å²) in [7, 11) is 0. The molecule has 0 fully saturated rings. The lowest BCUT2D eigenvalue weighted by atomic mass is 10.4. The van der Waals surface area contributed by atoms with E-state index in [0.29, 0.717) is 5.95 Å². The Morgan fingerprint density at radius 3 is 2.72 bits per heavy atom. The van der Waals surface area contributed by atoms with Crippen molar-refractivity contribution in [1.29, 1.82) is 0 Å². The lowest BCUT2D eigenvalue weighted by Crippen LogP contribution is -2.10. The van der Waals surface area contributed by atoms with Gasteiger partial charge in [0.1, 0.15) is 0 Å². The van der Waals surface area contributed by atoms with Crippen molar-refractivity contribution in [3.63, 3.8) is 0 Å². The molecule has 0 aliphatic heterocycles. The van der Waals surface area contributed by atoms with Crippen molar-refractivity contribution >= 4 is 5.95 Å². The monoisotopic (exact) mass is 245 g/mol. The predicted molar refractivity (Wildman–Crippen MR) is 71.6 cm³/mol. The molecule has 5 heteroatoms. The van der Waals surface area contributed by atoms with Crippen LogP contribution >= 0.6 is 0 Å². The van der Waals surface area contributed by atoms with E-state index in [2.05, 4.69) is 33.4 Å². The second-order valence-electron chi connectivity index (χ2n) is 4.45. The first kappa shape index (κ1) is 12.5. The van der Waals surface area contributed by atoms with Gasteiger partial charge in [-0.3, -0.25) is 4.68 Å². The SMILES string of the molecule is Cc1ccnc(NCCCn2nc(C)cc2C)n1. The van der Waals surface area contributed by atoms with E-state index in [1.165, 1.54) is 5.69 Å². The fraction of sp³-hybridized carbons (Fsp3) is 0.462. The van der Waals surface area contributed by atoms with E-state index in [1.54, 1.807) is 6.20 Å². The molecule has 2 aromatic heterocycles. The summed E-state index contributed by atoms with van der Waals surface area (Å²) in [6, 6.07) is 3.98. The van der Waals surface area contributed by atoms with Crippen molar-refractivity contribution in [2.45, 2.75) is 33.7 Å². The van der Waals surface area contributed by atoms with Gasteiger partial charge in [-0.1, -0.05) is 0 Å². The minimum atomic E-state index is 0.698. The van der Waals surface area contributed by atoms with Gasteiger partial charge in [0.2, 0.25) is 5.95 Å². The van der Waals surface area contributed by atoms with Gasteiger partial charge in [0.15, 0.2) is 0 Å². The molecule has 18 heavy (non-hydrogen) atoms. The van der Waals surface area contributed by atoms with Gasteiger partial charge in [-0.2, -0.15) is 5.10 Å². The van der Waals surface area contributed by atoms with Gasteiger partial charge < -0.3 is 5.32 Å². The quantitative estimate of drug-likeness (QED) is 0.820. The third-order valence-electron chi connectivity index (χ3n) is 2.73. The molecule has 96 valence electrons. The molecule has 0 saturated carbocycles. The van der Waals surface area contributed by atoms with Crippen LogP contribution < -0.4 is 5.32 Å². The number of hydrogen-bond donors (Lipinski definition) is 1. The number of anilines is 1. The smallest absolute Gasteiger partial charge is 0.222 e. The van der Waals surface area contributed by atoms with Crippen molar-refractivity contribution in [3.05, 3.63) is 35.4 Å². The zero-order valence-corrected chi connectivity index (χ0v) is 11.1. The Morgan fingerprint density at radius 2 is 2.06 bits per heavy atom. The molecule has 0 spiro atoms. The van der Waals surface area contributed by atoms with Crippen molar-refractivity contribution < 1.29 is 0 Å². The molecule has 0 saturated heterocycles. The standard InChI is InChI=1S/C13H19N5/c1-10-5-7-15-13(16-10)14-6-4-8-18-12(3)9-11(2)17-18/h5,7,9H,4,6,8H2,1-3H3,(H,14,15,16). The first-order valence-electron chi connectivity index (χ1n) is 6.20. The van der Waals surface area contributed by atoms with Crippen molar-refractivity contribution in [1.82, 2.24) is 19.7 Å². The average molecular weight is 245 g/mol. The molecule has 2 aromatic rings. The highest BCUT2D eigenvalue weighted by molar-refractivity contribution is 5.24. The Labute approximate surface area is 107 Å². The summed E-state index contributed by atoms with van der Waals surface area (Å²) in [6.45, 7) is 7.82. The Balaban J connectivity index is 1.78. The molecule has 1 N–H and O–H groups in total. The van der Waals surface area contributed by atoms with Gasteiger partial charge in [-0.25, -0.2) is 9.97 Å². The van der Waals surface area contributed by atoms with E-state index in [4.69, 9.17) is 0 Å². The molecular weight excluding hydrogens is 226 g/mol. The molecule has 2 heterocycles. The van der Waals surface area contributed by atoms with Gasteiger partial charge in [-0.15, -0.1) is 0 Å². The Bertz CT molecular complexity index is 518. The summed E-state index contributed by atoms with van der Waals surface area (Å²) in [6.07, 6.45) is 2.77. The number of nitrogens with one attached hydrogen (secondary N) is 1. The topological polar surface area (TPSA) is 55.6 Å². The van der Waals surface area contributed by atoms with Gasteiger partial charge >= 0.3 is 0 Å². The maximum Gasteiger partial charge on any atom is 0.222 e. The zero-order chi connectivity index (χ0) is 13.0. The Morgan fingerprint density at radius 1 is 1.22 bits per heavy atom. The van der Waals surface area contributed by atoms with E-state index >= 15 is 0 Å². The molecular formula is C13H19N5. The van der Waals surface area contributed by atoms with Gasteiger partial charge in [-0.05, 0) is 39.3 Å². The Hall–Kier alpha value is -1.91. The highest BCUT2D eigenvalue weighted by Gasteiger charge is 2.00. The molecule has 2 rings (SSSR count). The number of nitrogens with zero attached hydrogens (tertiary/aromatic N) is 4. The maximum atomic E-state index is 4.43. The molecule has 0 aliphatic carbocycles. The second-order valence-corrected chi connectivity index (χ2v) is 4.45. The number of aromatic nitrogens is 4. The number of aryl methyl sites for hydroxylation is 4. The van der Waals surface area contributed by atoms with Crippen LogP contribution in [0.15, 0.2) is 18.3 Å². The van der Waals surface area contributed by atoms with Crippen LogP contribution in [-0.2, 0) is 6.54 Å². The minimum Gasteiger partial charge on any atom is -0.354 e. The van der Waals surface area contributed by atoms with Crippen LogP contribution in [0.1, 0.15) is 23.5 Å². The third kappa shape index (κ3) is 3.29. The molecule has 0 amide bonds. The van der Waals surface area contributed by atoms with Gasteiger partial charge in [0.05, 0.1) is 5.69 Å². The Kier molecular flexibility index (Phi) is 3.92. The third-order valence-corrected chi connectivity index (χ3v) is 2.73. The van der Waals surface area contributed by atoms with E-state index in [1.807, 2.05) is 24.6 Å². The fourth-order valence-corrected chi connectivity index (χ4v) is 1.86. The summed E-state index contributed by atoms with van der Waals surface area (Å²) >= 11 is 0. The van der Waals surface area contributed by atoms with E-state index in [9.17, 15) is 0 Å². The first-order chi connectivity index (χ1) is 8.65. The number of rotatable bonds is 5. The molecule has 0 aliphatic rings. The molecule has 5 nitrogen and oxygen atoms in total. The lowest BCUT2D eigenvalue weighted by molar-refractivity contribution is 0.573. The molecule has 0 radical (unpaired) electrons. The van der Waals surface area contributed by atoms with Crippen LogP contribution in [-0.4, -0.2) is 26.3 Å². The van der Waals surface area contributed by atoms with Crippen molar-refractivity contribution in [2.24, 2.45) is 0 Å². The van der Waals surface area contributed by atoms with E-state index < -0.39 is 0 Å². The highest BCUT2D eigenvalue weighted by Crippen LogP contribution is 2.03. The predicted octanol–water partition coefficient (Wildman–Crippen LogP) is 2.10.